The van der Waals surface area contributed by atoms with Crippen molar-refractivity contribution in [1.82, 2.24) is 0 Å². The molecule has 1 aromatic carbocycles. The summed E-state index contributed by atoms with van der Waals surface area (Å²) in [7, 11) is 0. The number of rotatable bonds is 3. The summed E-state index contributed by atoms with van der Waals surface area (Å²) >= 11 is 0. The first-order valence-corrected chi connectivity index (χ1v) is 4.27. The lowest BCUT2D eigenvalue weighted by atomic mass is 10.2. The van der Waals surface area contributed by atoms with Crippen LogP contribution in [0.3, 0.4) is 0 Å². The number of aliphatic hydroxyl groups excluding tert-OH is 1. The summed E-state index contributed by atoms with van der Waals surface area (Å²) in [5.41, 5.74) is 1.33. The van der Waals surface area contributed by atoms with Gasteiger partial charge in [0.1, 0.15) is 5.82 Å². The Morgan fingerprint density at radius 3 is 2.77 bits per heavy atom. The smallest absolute Gasteiger partial charge is 0.128 e. The second kappa shape index (κ2) is 4.23. The lowest BCUT2D eigenvalue weighted by molar-refractivity contribution is 0.208. The van der Waals surface area contributed by atoms with Gasteiger partial charge in [0, 0.05) is 12.2 Å². The molecule has 0 spiro atoms. The average Bonchev–Trinajstić information content (AvgIpc) is 2.07. The molecule has 72 valence electrons. The molecule has 13 heavy (non-hydrogen) atoms. The van der Waals surface area contributed by atoms with Gasteiger partial charge in [-0.3, -0.25) is 0 Å². The Hall–Kier alpha value is -1.09. The van der Waals surface area contributed by atoms with Gasteiger partial charge >= 0.3 is 0 Å². The summed E-state index contributed by atoms with van der Waals surface area (Å²) in [5.74, 6) is -0.226. The van der Waals surface area contributed by atoms with Crippen LogP contribution in [0.15, 0.2) is 18.2 Å². The van der Waals surface area contributed by atoms with Crippen molar-refractivity contribution in [3.05, 3.63) is 29.6 Å². The number of hydrogen-bond acceptors (Lipinski definition) is 2. The highest BCUT2D eigenvalue weighted by Gasteiger charge is 1.99. The summed E-state index contributed by atoms with van der Waals surface area (Å²) < 4.78 is 13.0. The second-order valence-electron chi connectivity index (χ2n) is 3.19. The Morgan fingerprint density at radius 2 is 2.23 bits per heavy atom. The highest BCUT2D eigenvalue weighted by Crippen LogP contribution is 2.13. The van der Waals surface area contributed by atoms with E-state index in [2.05, 4.69) is 5.32 Å². The summed E-state index contributed by atoms with van der Waals surface area (Å²) in [6.07, 6.45) is -0.427. The predicted molar refractivity (Wildman–Crippen MR) is 51.3 cm³/mol. The molecule has 0 amide bonds. The van der Waals surface area contributed by atoms with E-state index in [4.69, 9.17) is 5.11 Å². The van der Waals surface area contributed by atoms with Gasteiger partial charge in [0.05, 0.1) is 6.10 Å². The first-order chi connectivity index (χ1) is 6.09. The van der Waals surface area contributed by atoms with Gasteiger partial charge in [-0.25, -0.2) is 4.39 Å². The van der Waals surface area contributed by atoms with Crippen LogP contribution in [0.25, 0.3) is 0 Å². The maximum absolute atomic E-state index is 13.0. The molecule has 2 nitrogen and oxygen atoms in total. The minimum Gasteiger partial charge on any atom is -0.392 e. The molecule has 0 aliphatic carbocycles. The maximum Gasteiger partial charge on any atom is 0.128 e. The number of halogens is 1. The third-order valence-corrected chi connectivity index (χ3v) is 1.77. The van der Waals surface area contributed by atoms with Crippen molar-refractivity contribution in [3.8, 4) is 0 Å². The molecule has 0 fully saturated rings. The summed E-state index contributed by atoms with van der Waals surface area (Å²) in [4.78, 5) is 0. The quantitative estimate of drug-likeness (QED) is 0.750. The Kier molecular flexibility index (Phi) is 3.25. The Balaban J connectivity index is 2.63. The zero-order valence-electron chi connectivity index (χ0n) is 7.84. The first kappa shape index (κ1) is 9.99. The fourth-order valence-corrected chi connectivity index (χ4v) is 0.968. The van der Waals surface area contributed by atoms with Crippen LogP contribution < -0.4 is 5.32 Å². The van der Waals surface area contributed by atoms with Crippen LogP contribution >= 0.6 is 0 Å². The number of benzene rings is 1. The maximum atomic E-state index is 13.0. The highest BCUT2D eigenvalue weighted by atomic mass is 19.1. The van der Waals surface area contributed by atoms with E-state index in [-0.39, 0.29) is 5.82 Å². The molecule has 0 saturated carbocycles. The van der Waals surface area contributed by atoms with E-state index < -0.39 is 6.10 Å². The molecule has 1 unspecified atom stereocenters. The summed E-state index contributed by atoms with van der Waals surface area (Å²) in [6.45, 7) is 3.83. The van der Waals surface area contributed by atoms with Gasteiger partial charge in [-0.2, -0.15) is 0 Å². The highest BCUT2D eigenvalue weighted by molar-refractivity contribution is 5.45. The first-order valence-electron chi connectivity index (χ1n) is 4.27. The predicted octanol–water partition coefficient (Wildman–Crippen LogP) is 1.93. The molecule has 0 aromatic heterocycles. The molecule has 0 saturated heterocycles. The average molecular weight is 183 g/mol. The van der Waals surface area contributed by atoms with Gasteiger partial charge in [0.15, 0.2) is 0 Å². The Labute approximate surface area is 77.4 Å². The molecule has 1 aromatic rings. The Bertz CT molecular complexity index is 286. The van der Waals surface area contributed by atoms with Gasteiger partial charge in [-0.15, -0.1) is 0 Å². The molecule has 0 aliphatic heterocycles. The number of aryl methyl sites for hydroxylation is 1. The molecule has 0 radical (unpaired) electrons. The van der Waals surface area contributed by atoms with Gasteiger partial charge in [0.2, 0.25) is 0 Å². The van der Waals surface area contributed by atoms with Crippen molar-refractivity contribution in [1.29, 1.82) is 0 Å². The monoisotopic (exact) mass is 183 g/mol. The number of anilines is 1. The Morgan fingerprint density at radius 1 is 1.54 bits per heavy atom. The SMILES string of the molecule is Cc1ccc(NCC(C)O)cc1F. The lowest BCUT2D eigenvalue weighted by Gasteiger charge is -2.08. The van der Waals surface area contributed by atoms with E-state index in [9.17, 15) is 4.39 Å². The molecular formula is C10H14FNO. The molecule has 3 heteroatoms. The number of nitrogens with one attached hydrogen (secondary N) is 1. The van der Waals surface area contributed by atoms with E-state index in [1.54, 1.807) is 26.0 Å². The zero-order chi connectivity index (χ0) is 9.84. The number of aliphatic hydroxyl groups is 1. The van der Waals surface area contributed by atoms with Crippen LogP contribution in [-0.2, 0) is 0 Å². The van der Waals surface area contributed by atoms with Gasteiger partial charge in [-0.1, -0.05) is 6.07 Å². The van der Waals surface area contributed by atoms with Crippen molar-refractivity contribution in [2.45, 2.75) is 20.0 Å². The largest absolute Gasteiger partial charge is 0.392 e. The van der Waals surface area contributed by atoms with Crippen molar-refractivity contribution in [3.63, 3.8) is 0 Å². The van der Waals surface area contributed by atoms with Crippen molar-refractivity contribution in [2.75, 3.05) is 11.9 Å². The molecular weight excluding hydrogens is 169 g/mol. The molecule has 0 aliphatic rings. The number of hydrogen-bond donors (Lipinski definition) is 2. The summed E-state index contributed by atoms with van der Waals surface area (Å²) in [6, 6.07) is 4.93. The fraction of sp³-hybridized carbons (Fsp3) is 0.400. The van der Waals surface area contributed by atoms with Crippen molar-refractivity contribution in [2.24, 2.45) is 0 Å². The van der Waals surface area contributed by atoms with Crippen LogP contribution in [0.4, 0.5) is 10.1 Å². The van der Waals surface area contributed by atoms with E-state index >= 15 is 0 Å². The molecule has 2 N–H and O–H groups in total. The van der Waals surface area contributed by atoms with E-state index in [1.165, 1.54) is 6.07 Å². The van der Waals surface area contributed by atoms with E-state index in [0.717, 1.165) is 0 Å². The molecule has 1 rings (SSSR count). The fourth-order valence-electron chi connectivity index (χ4n) is 0.968. The molecule has 1 atom stereocenters. The lowest BCUT2D eigenvalue weighted by Crippen LogP contribution is -2.15. The third kappa shape index (κ3) is 3.03. The minimum atomic E-state index is -0.427. The minimum absolute atomic E-state index is 0.226. The molecule has 0 bridgehead atoms. The molecule has 0 heterocycles. The topological polar surface area (TPSA) is 32.3 Å². The van der Waals surface area contributed by atoms with Crippen LogP contribution in [-0.4, -0.2) is 17.8 Å². The summed E-state index contributed by atoms with van der Waals surface area (Å²) in [5, 5.41) is 11.9. The van der Waals surface area contributed by atoms with Gasteiger partial charge < -0.3 is 10.4 Å². The zero-order valence-corrected chi connectivity index (χ0v) is 7.84. The van der Waals surface area contributed by atoms with Gasteiger partial charge in [-0.05, 0) is 31.5 Å². The third-order valence-electron chi connectivity index (χ3n) is 1.77. The normalized spacial score (nSPS) is 12.6. The van der Waals surface area contributed by atoms with E-state index in [0.29, 0.717) is 17.8 Å². The van der Waals surface area contributed by atoms with E-state index in [1.807, 2.05) is 0 Å². The van der Waals surface area contributed by atoms with Crippen molar-refractivity contribution >= 4 is 5.69 Å². The van der Waals surface area contributed by atoms with Crippen LogP contribution in [0.1, 0.15) is 12.5 Å². The van der Waals surface area contributed by atoms with Crippen LogP contribution in [0, 0.1) is 12.7 Å². The standard InChI is InChI=1S/C10H14FNO/c1-7-3-4-9(5-10(7)11)12-6-8(2)13/h3-5,8,12-13H,6H2,1-2H3. The van der Waals surface area contributed by atoms with Crippen LogP contribution in [0.5, 0.6) is 0 Å². The van der Waals surface area contributed by atoms with Gasteiger partial charge in [0.25, 0.3) is 0 Å². The second-order valence-corrected chi connectivity index (χ2v) is 3.19. The van der Waals surface area contributed by atoms with Crippen molar-refractivity contribution < 1.29 is 9.50 Å². The van der Waals surface area contributed by atoms with Crippen LogP contribution in [0.2, 0.25) is 0 Å².